The van der Waals surface area contributed by atoms with Crippen molar-refractivity contribution >= 4 is 18.9 Å². The third-order valence-corrected chi connectivity index (χ3v) is 7.46. The minimum Gasteiger partial charge on any atom is -0.378 e. The fourth-order valence-electron chi connectivity index (χ4n) is 2.86. The Kier molecular flexibility index (Phi) is 4.89. The topological polar surface area (TPSA) is 3.24 Å². The van der Waals surface area contributed by atoms with Crippen LogP contribution in [0.5, 0.6) is 0 Å². The lowest BCUT2D eigenvalue weighted by Gasteiger charge is -2.25. The summed E-state index contributed by atoms with van der Waals surface area (Å²) < 4.78 is 0. The summed E-state index contributed by atoms with van der Waals surface area (Å²) in [4.78, 5) is 2.16. The highest BCUT2D eigenvalue weighted by molar-refractivity contribution is 6.89. The van der Waals surface area contributed by atoms with Gasteiger partial charge in [-0.1, -0.05) is 61.6 Å². The van der Waals surface area contributed by atoms with Crippen LogP contribution in [0.15, 0.2) is 48.5 Å². The Morgan fingerprint density at radius 3 is 1.95 bits per heavy atom. The molecule has 0 spiro atoms. The fourth-order valence-corrected chi connectivity index (χ4v) is 5.43. The van der Waals surface area contributed by atoms with Crippen molar-refractivity contribution in [3.05, 3.63) is 59.7 Å². The Morgan fingerprint density at radius 2 is 1.43 bits per heavy atom. The second-order valence-electron chi connectivity index (χ2n) is 6.62. The second-order valence-corrected chi connectivity index (χ2v) is 11.3. The van der Waals surface area contributed by atoms with E-state index in [4.69, 9.17) is 0 Å². The molecular formula is C19H27NSi. The summed E-state index contributed by atoms with van der Waals surface area (Å²) in [5.74, 6) is 0. The summed E-state index contributed by atoms with van der Waals surface area (Å²) in [6.07, 6.45) is 1.13. The molecule has 0 aliphatic rings. The van der Waals surface area contributed by atoms with Crippen LogP contribution in [0.25, 0.3) is 0 Å². The van der Waals surface area contributed by atoms with E-state index in [1.54, 1.807) is 5.19 Å². The van der Waals surface area contributed by atoms with Crippen molar-refractivity contribution in [3.8, 4) is 0 Å². The number of anilines is 1. The zero-order valence-electron chi connectivity index (χ0n) is 14.0. The number of benzene rings is 2. The molecular weight excluding hydrogens is 270 g/mol. The van der Waals surface area contributed by atoms with Gasteiger partial charge >= 0.3 is 0 Å². The standard InChI is InChI=1S/C19H27NSi/c1-6-16-9-7-8-10-17(16)15-21(4,5)19-13-11-18(12-14-19)20(2)3/h7-14H,6,15H2,1-5H3. The van der Waals surface area contributed by atoms with E-state index >= 15 is 0 Å². The molecule has 2 aromatic rings. The van der Waals surface area contributed by atoms with Gasteiger partial charge in [0, 0.05) is 19.8 Å². The Morgan fingerprint density at radius 1 is 0.857 bits per heavy atom. The molecule has 112 valence electrons. The van der Waals surface area contributed by atoms with Gasteiger partial charge in [0.05, 0.1) is 8.07 Å². The van der Waals surface area contributed by atoms with Crippen LogP contribution in [0.2, 0.25) is 13.1 Å². The highest BCUT2D eigenvalue weighted by atomic mass is 28.3. The molecule has 21 heavy (non-hydrogen) atoms. The smallest absolute Gasteiger partial charge is 0.0849 e. The van der Waals surface area contributed by atoms with Crippen LogP contribution >= 0.6 is 0 Å². The predicted octanol–water partition coefficient (Wildman–Crippen LogP) is 4.01. The lowest BCUT2D eigenvalue weighted by Crippen LogP contribution is -2.44. The lowest BCUT2D eigenvalue weighted by molar-refractivity contribution is 1.09. The second kappa shape index (κ2) is 6.48. The SMILES string of the molecule is CCc1ccccc1C[Si](C)(C)c1ccc(N(C)C)cc1. The molecule has 0 bridgehead atoms. The molecule has 0 aliphatic heterocycles. The van der Waals surface area contributed by atoms with Crippen molar-refractivity contribution in [2.45, 2.75) is 32.5 Å². The van der Waals surface area contributed by atoms with Gasteiger partial charge in [-0.2, -0.15) is 0 Å². The Bertz CT molecular complexity index is 585. The molecule has 1 nitrogen and oxygen atoms in total. The minimum atomic E-state index is -1.44. The van der Waals surface area contributed by atoms with Gasteiger partial charge < -0.3 is 4.90 Å². The van der Waals surface area contributed by atoms with Crippen molar-refractivity contribution in [2.24, 2.45) is 0 Å². The summed E-state index contributed by atoms with van der Waals surface area (Å²) in [6, 6.07) is 19.3. The molecule has 0 aliphatic carbocycles. The average molecular weight is 298 g/mol. The summed E-state index contributed by atoms with van der Waals surface area (Å²) in [7, 11) is 2.74. The van der Waals surface area contributed by atoms with E-state index < -0.39 is 8.07 Å². The molecule has 0 heterocycles. The third kappa shape index (κ3) is 3.76. The first-order valence-electron chi connectivity index (χ1n) is 7.78. The molecule has 0 amide bonds. The van der Waals surface area contributed by atoms with Gasteiger partial charge in [0.15, 0.2) is 0 Å². The van der Waals surface area contributed by atoms with Crippen molar-refractivity contribution < 1.29 is 0 Å². The van der Waals surface area contributed by atoms with Crippen molar-refractivity contribution in [3.63, 3.8) is 0 Å². The van der Waals surface area contributed by atoms with E-state index in [-0.39, 0.29) is 0 Å². The molecule has 0 saturated carbocycles. The van der Waals surface area contributed by atoms with Crippen LogP contribution in [0, 0.1) is 0 Å². The van der Waals surface area contributed by atoms with E-state index in [9.17, 15) is 0 Å². The Balaban J connectivity index is 2.25. The lowest BCUT2D eigenvalue weighted by atomic mass is 10.1. The first kappa shape index (κ1) is 15.8. The van der Waals surface area contributed by atoms with Gasteiger partial charge in [-0.05, 0) is 35.7 Å². The quantitative estimate of drug-likeness (QED) is 0.754. The van der Waals surface area contributed by atoms with Crippen LogP contribution in [0.1, 0.15) is 18.1 Å². The van der Waals surface area contributed by atoms with Gasteiger partial charge in [-0.15, -0.1) is 0 Å². The molecule has 2 heteroatoms. The van der Waals surface area contributed by atoms with E-state index in [2.05, 4.69) is 87.5 Å². The maximum Gasteiger partial charge on any atom is 0.0849 e. The third-order valence-electron chi connectivity index (χ3n) is 4.30. The Labute approximate surface area is 130 Å². The summed E-state index contributed by atoms with van der Waals surface area (Å²) in [6.45, 7) is 7.20. The summed E-state index contributed by atoms with van der Waals surface area (Å²) in [5.41, 5.74) is 4.31. The average Bonchev–Trinajstić information content (AvgIpc) is 2.47. The maximum absolute atomic E-state index is 2.48. The van der Waals surface area contributed by atoms with Gasteiger partial charge in [0.25, 0.3) is 0 Å². The van der Waals surface area contributed by atoms with Crippen molar-refractivity contribution in [1.29, 1.82) is 0 Å². The van der Waals surface area contributed by atoms with Crippen LogP contribution < -0.4 is 10.1 Å². The van der Waals surface area contributed by atoms with Crippen LogP contribution in [-0.2, 0) is 12.5 Å². The largest absolute Gasteiger partial charge is 0.378 e. The first-order chi connectivity index (χ1) is 9.94. The van der Waals surface area contributed by atoms with Gasteiger partial charge in [0.2, 0.25) is 0 Å². The molecule has 0 unspecified atom stereocenters. The number of rotatable bonds is 5. The van der Waals surface area contributed by atoms with Gasteiger partial charge in [-0.3, -0.25) is 0 Å². The van der Waals surface area contributed by atoms with Gasteiger partial charge in [-0.25, -0.2) is 0 Å². The molecule has 2 aromatic carbocycles. The number of aryl methyl sites for hydroxylation is 1. The minimum absolute atomic E-state index is 1.13. The number of nitrogens with zero attached hydrogens (tertiary/aromatic N) is 1. The molecule has 2 rings (SSSR count). The molecule has 0 fully saturated rings. The monoisotopic (exact) mass is 297 g/mol. The highest BCUT2D eigenvalue weighted by Gasteiger charge is 2.24. The predicted molar refractivity (Wildman–Crippen MR) is 97.4 cm³/mol. The fraction of sp³-hybridized carbons (Fsp3) is 0.368. The molecule has 0 saturated heterocycles. The van der Waals surface area contributed by atoms with Crippen molar-refractivity contribution in [1.82, 2.24) is 0 Å². The summed E-state index contributed by atoms with van der Waals surface area (Å²) in [5, 5.41) is 1.54. The van der Waals surface area contributed by atoms with E-state index in [1.165, 1.54) is 22.9 Å². The first-order valence-corrected chi connectivity index (χ1v) is 11.0. The highest BCUT2D eigenvalue weighted by Crippen LogP contribution is 2.18. The number of hydrogen-bond donors (Lipinski definition) is 0. The van der Waals surface area contributed by atoms with Crippen LogP contribution in [-0.4, -0.2) is 22.2 Å². The molecule has 0 radical (unpaired) electrons. The summed E-state index contributed by atoms with van der Waals surface area (Å²) >= 11 is 0. The normalized spacial score (nSPS) is 11.5. The Hall–Kier alpha value is -1.54. The molecule has 0 atom stereocenters. The molecule has 0 N–H and O–H groups in total. The number of hydrogen-bond acceptors (Lipinski definition) is 1. The van der Waals surface area contributed by atoms with E-state index in [1.807, 2.05) is 0 Å². The zero-order valence-corrected chi connectivity index (χ0v) is 15.0. The van der Waals surface area contributed by atoms with Crippen molar-refractivity contribution in [2.75, 3.05) is 19.0 Å². The van der Waals surface area contributed by atoms with E-state index in [0.29, 0.717) is 0 Å². The zero-order chi connectivity index (χ0) is 15.5. The van der Waals surface area contributed by atoms with E-state index in [0.717, 1.165) is 6.42 Å². The van der Waals surface area contributed by atoms with Crippen LogP contribution in [0.4, 0.5) is 5.69 Å². The molecule has 0 aromatic heterocycles. The maximum atomic E-state index is 2.48. The van der Waals surface area contributed by atoms with Crippen LogP contribution in [0.3, 0.4) is 0 Å². The van der Waals surface area contributed by atoms with Gasteiger partial charge in [0.1, 0.15) is 0 Å².